The van der Waals surface area contributed by atoms with Crippen molar-refractivity contribution in [3.63, 3.8) is 0 Å². The summed E-state index contributed by atoms with van der Waals surface area (Å²) in [6, 6.07) is 0. The Labute approximate surface area is 199 Å². The molecule has 1 aliphatic rings. The number of rotatable bonds is 17. The molecule has 20 heteroatoms. The summed E-state index contributed by atoms with van der Waals surface area (Å²) in [6.45, 7) is -5.39. The van der Waals surface area contributed by atoms with E-state index in [4.69, 9.17) is 24.8 Å². The monoisotopic (exact) mass is 562 g/mol. The minimum Gasteiger partial charge on any atom is -0.394 e. The minimum absolute atomic E-state index is 0.510. The summed E-state index contributed by atoms with van der Waals surface area (Å²) in [7, 11) is -9.64. The van der Waals surface area contributed by atoms with Crippen molar-refractivity contribution in [3.05, 3.63) is 0 Å². The molecule has 1 saturated heterocycles. The van der Waals surface area contributed by atoms with Crippen LogP contribution in [0.15, 0.2) is 0 Å². The smallest absolute Gasteiger partial charge is 0.394 e. The Morgan fingerprint density at radius 2 is 1.14 bits per heavy atom. The number of hydrogen-bond donors (Lipinski definition) is 10. The number of aliphatic hydroxyl groups excluding tert-OH is 8. The van der Waals surface area contributed by atoms with Gasteiger partial charge >= 0.3 is 15.6 Å². The molecule has 0 radical (unpaired) electrons. The fraction of sp³-hybridized carbons (Fsp3) is 1.00. The highest BCUT2D eigenvalue weighted by molar-refractivity contribution is 7.47. The molecule has 1 aliphatic heterocycles. The van der Waals surface area contributed by atoms with Crippen molar-refractivity contribution in [2.45, 2.75) is 49.0 Å². The molecule has 0 aromatic rings. The third kappa shape index (κ3) is 12.3. The molecular formula is C15H32O18P2. The first-order chi connectivity index (χ1) is 16.2. The Balaban J connectivity index is 2.49. The van der Waals surface area contributed by atoms with E-state index in [-0.39, 0.29) is 0 Å². The van der Waals surface area contributed by atoms with Crippen LogP contribution in [0, 0.1) is 0 Å². The second-order valence-corrected chi connectivity index (χ2v) is 10.2. The van der Waals surface area contributed by atoms with Crippen LogP contribution in [0.3, 0.4) is 0 Å². The van der Waals surface area contributed by atoms with Gasteiger partial charge in [0.05, 0.1) is 46.2 Å². The third-order valence-corrected chi connectivity index (χ3v) is 6.14. The second kappa shape index (κ2) is 15.3. The molecular weight excluding hydrogens is 530 g/mol. The summed E-state index contributed by atoms with van der Waals surface area (Å²) < 4.78 is 51.6. The van der Waals surface area contributed by atoms with Crippen molar-refractivity contribution in [1.29, 1.82) is 0 Å². The molecule has 0 spiro atoms. The van der Waals surface area contributed by atoms with Crippen molar-refractivity contribution in [3.8, 4) is 0 Å². The molecule has 0 aliphatic carbocycles. The SMILES string of the molecule is O=P(O)(OC[C@@H](O)COP(=O)(O)OC[C@H]1O[C@@H](OC[C@@H](O)CO)[C@H](O)[C@@H](O)[C@@H]1O)OC[C@H](O)CO. The van der Waals surface area contributed by atoms with Gasteiger partial charge in [-0.2, -0.15) is 0 Å². The van der Waals surface area contributed by atoms with Crippen LogP contribution in [0.5, 0.6) is 0 Å². The minimum atomic E-state index is -4.91. The molecule has 0 amide bonds. The van der Waals surface area contributed by atoms with E-state index in [0.717, 1.165) is 0 Å². The number of phosphoric acid groups is 2. The lowest BCUT2D eigenvalue weighted by Gasteiger charge is -2.40. The van der Waals surface area contributed by atoms with Gasteiger partial charge in [-0.1, -0.05) is 0 Å². The van der Waals surface area contributed by atoms with E-state index in [2.05, 4.69) is 18.1 Å². The second-order valence-electron chi connectivity index (χ2n) is 7.29. The van der Waals surface area contributed by atoms with Gasteiger partial charge in [0.25, 0.3) is 0 Å². The summed E-state index contributed by atoms with van der Waals surface area (Å²) >= 11 is 0. The van der Waals surface area contributed by atoms with Gasteiger partial charge in [-0.15, -0.1) is 0 Å². The lowest BCUT2D eigenvalue weighted by atomic mass is 9.99. The molecule has 1 rings (SSSR count). The van der Waals surface area contributed by atoms with Crippen molar-refractivity contribution >= 4 is 15.6 Å². The molecule has 2 unspecified atom stereocenters. The summed E-state index contributed by atoms with van der Waals surface area (Å²) in [6.07, 6.45) is -13.0. The zero-order chi connectivity index (χ0) is 26.8. The number of hydrogen-bond acceptors (Lipinski definition) is 16. The van der Waals surface area contributed by atoms with E-state index in [1.165, 1.54) is 0 Å². The molecule has 0 saturated carbocycles. The Bertz CT molecular complexity index is 697. The van der Waals surface area contributed by atoms with Crippen LogP contribution in [-0.2, 0) is 36.7 Å². The highest BCUT2D eigenvalue weighted by Crippen LogP contribution is 2.45. The summed E-state index contributed by atoms with van der Waals surface area (Å²) in [4.78, 5) is 19.1. The Morgan fingerprint density at radius 3 is 1.66 bits per heavy atom. The first-order valence-electron chi connectivity index (χ1n) is 10.0. The zero-order valence-corrected chi connectivity index (χ0v) is 20.0. The van der Waals surface area contributed by atoms with E-state index < -0.39 is 111 Å². The molecule has 0 aromatic carbocycles. The summed E-state index contributed by atoms with van der Waals surface area (Å²) in [5.74, 6) is 0. The molecule has 18 nitrogen and oxygen atoms in total. The van der Waals surface area contributed by atoms with E-state index in [0.29, 0.717) is 0 Å². The molecule has 210 valence electrons. The predicted octanol–water partition coefficient (Wildman–Crippen LogP) is -4.85. The van der Waals surface area contributed by atoms with Crippen molar-refractivity contribution < 1.29 is 87.3 Å². The normalized spacial score (nSPS) is 31.3. The van der Waals surface area contributed by atoms with Gasteiger partial charge < -0.3 is 60.1 Å². The van der Waals surface area contributed by atoms with Gasteiger partial charge in [0, 0.05) is 0 Å². The standard InChI is InChI=1S/C15H32O18P2/c16-1-8(18)3-28-15-14(23)13(22)12(21)11(33-15)7-32-35(26,27)31-6-10(20)5-30-34(24,25)29-4-9(19)2-17/h8-23H,1-7H2,(H,24,25)(H,26,27)/t8-,9+,10+,11+,12+,13-,14+,15+/m0/s1. The number of aliphatic hydroxyl groups is 8. The van der Waals surface area contributed by atoms with Crippen molar-refractivity contribution in [2.75, 3.05) is 46.2 Å². The average molecular weight is 562 g/mol. The summed E-state index contributed by atoms with van der Waals surface area (Å²) in [5, 5.41) is 75.2. The topological polar surface area (TPSA) is 292 Å². The van der Waals surface area contributed by atoms with Gasteiger partial charge in [-0.3, -0.25) is 18.1 Å². The largest absolute Gasteiger partial charge is 0.472 e. The molecule has 10 atom stereocenters. The number of phosphoric ester groups is 2. The van der Waals surface area contributed by atoms with Crippen LogP contribution < -0.4 is 0 Å². The molecule has 10 N–H and O–H groups in total. The average Bonchev–Trinajstić information content (AvgIpc) is 2.82. The van der Waals surface area contributed by atoms with E-state index in [9.17, 15) is 44.4 Å². The highest BCUT2D eigenvalue weighted by Gasteiger charge is 2.45. The third-order valence-electron chi connectivity index (χ3n) is 4.24. The van der Waals surface area contributed by atoms with Crippen molar-refractivity contribution in [1.82, 2.24) is 0 Å². The van der Waals surface area contributed by atoms with Gasteiger partial charge in [0.15, 0.2) is 6.29 Å². The fourth-order valence-corrected chi connectivity index (χ4v) is 3.90. The Hall–Kier alpha value is -0.180. The molecule has 35 heavy (non-hydrogen) atoms. The fourth-order valence-electron chi connectivity index (χ4n) is 2.33. The molecule has 1 heterocycles. The quantitative estimate of drug-likeness (QED) is 0.0743. The molecule has 0 bridgehead atoms. The maximum Gasteiger partial charge on any atom is 0.472 e. The van der Waals surface area contributed by atoms with Gasteiger partial charge in [-0.05, 0) is 0 Å². The molecule has 1 fully saturated rings. The lowest BCUT2D eigenvalue weighted by molar-refractivity contribution is -0.304. The Morgan fingerprint density at radius 1 is 0.686 bits per heavy atom. The van der Waals surface area contributed by atoms with Crippen LogP contribution in [0.4, 0.5) is 0 Å². The van der Waals surface area contributed by atoms with Crippen LogP contribution in [-0.4, -0.2) is 146 Å². The van der Waals surface area contributed by atoms with Crippen LogP contribution in [0.2, 0.25) is 0 Å². The first kappa shape index (κ1) is 32.8. The number of ether oxygens (including phenoxy) is 2. The van der Waals surface area contributed by atoms with E-state index in [1.807, 2.05) is 0 Å². The maximum absolute atomic E-state index is 12.0. The van der Waals surface area contributed by atoms with Crippen molar-refractivity contribution in [2.24, 2.45) is 0 Å². The summed E-state index contributed by atoms with van der Waals surface area (Å²) in [5.41, 5.74) is 0. The Kier molecular flexibility index (Phi) is 14.3. The van der Waals surface area contributed by atoms with Crippen LogP contribution >= 0.6 is 15.6 Å². The van der Waals surface area contributed by atoms with Crippen LogP contribution in [0.1, 0.15) is 0 Å². The first-order valence-corrected chi connectivity index (χ1v) is 13.0. The van der Waals surface area contributed by atoms with E-state index >= 15 is 0 Å². The van der Waals surface area contributed by atoms with Gasteiger partial charge in [-0.25, -0.2) is 9.13 Å². The predicted molar refractivity (Wildman–Crippen MR) is 108 cm³/mol. The van der Waals surface area contributed by atoms with Gasteiger partial charge in [0.1, 0.15) is 42.7 Å². The highest BCUT2D eigenvalue weighted by atomic mass is 31.2. The zero-order valence-electron chi connectivity index (χ0n) is 18.2. The maximum atomic E-state index is 12.0. The molecule has 0 aromatic heterocycles. The van der Waals surface area contributed by atoms with E-state index in [1.54, 1.807) is 0 Å². The van der Waals surface area contributed by atoms with Gasteiger partial charge in [0.2, 0.25) is 0 Å². The lowest BCUT2D eigenvalue weighted by Crippen LogP contribution is -2.59. The van der Waals surface area contributed by atoms with Crippen LogP contribution in [0.25, 0.3) is 0 Å².